The summed E-state index contributed by atoms with van der Waals surface area (Å²) in [5.74, 6) is -1.48. The summed E-state index contributed by atoms with van der Waals surface area (Å²) in [4.78, 5) is 45.2. The average Bonchev–Trinajstić information content (AvgIpc) is 3.37. The van der Waals surface area contributed by atoms with Gasteiger partial charge in [-0.2, -0.15) is 0 Å². The maximum absolute atomic E-state index is 14.1. The lowest BCUT2D eigenvalue weighted by molar-refractivity contribution is -0.145. The highest BCUT2D eigenvalue weighted by atomic mass is 16.2. The van der Waals surface area contributed by atoms with Crippen molar-refractivity contribution in [2.45, 2.75) is 38.8 Å². The molecule has 194 valence electrons. The second-order valence-corrected chi connectivity index (χ2v) is 10.1. The first-order chi connectivity index (χ1) is 18.0. The number of hydrogen-bond acceptors (Lipinski definition) is 5. The van der Waals surface area contributed by atoms with Crippen LogP contribution in [0, 0.1) is 11.8 Å². The third-order valence-corrected chi connectivity index (χ3v) is 7.78. The van der Waals surface area contributed by atoms with Crippen molar-refractivity contribution in [2.24, 2.45) is 17.6 Å². The zero-order chi connectivity index (χ0) is 25.9. The zero-order valence-corrected chi connectivity index (χ0v) is 21.3. The van der Waals surface area contributed by atoms with E-state index in [1.54, 1.807) is 11.0 Å². The number of nitrogens with two attached hydrogens (primary N) is 1. The molecule has 2 aromatic carbocycles. The van der Waals surface area contributed by atoms with E-state index in [0.29, 0.717) is 44.5 Å². The lowest BCUT2D eigenvalue weighted by Gasteiger charge is -2.35. The fourth-order valence-electron chi connectivity index (χ4n) is 5.70. The Kier molecular flexibility index (Phi) is 7.39. The van der Waals surface area contributed by atoms with Crippen LogP contribution in [0.15, 0.2) is 48.7 Å². The number of amides is 2. The van der Waals surface area contributed by atoms with Crippen molar-refractivity contribution in [3.05, 3.63) is 70.9 Å². The van der Waals surface area contributed by atoms with Gasteiger partial charge in [0.05, 0.1) is 6.04 Å². The smallest absolute Gasteiger partial charge is 0.251 e. The highest BCUT2D eigenvalue weighted by molar-refractivity contribution is 6.04. The number of nitrogens with one attached hydrogen (secondary N) is 3. The first kappa shape index (κ1) is 25.2. The van der Waals surface area contributed by atoms with Crippen LogP contribution in [0.3, 0.4) is 0 Å². The number of ketones is 1. The molecule has 8 nitrogen and oxygen atoms in total. The number of aromatic nitrogens is 1. The highest BCUT2D eigenvalue weighted by Gasteiger charge is 2.41. The Bertz CT molecular complexity index is 1310. The fraction of sp³-hybridized carbons (Fsp3) is 0.414. The molecule has 2 unspecified atom stereocenters. The van der Waals surface area contributed by atoms with Crippen molar-refractivity contribution in [1.29, 1.82) is 0 Å². The molecular weight excluding hydrogens is 466 g/mol. The van der Waals surface area contributed by atoms with Crippen LogP contribution >= 0.6 is 0 Å². The molecule has 8 heteroatoms. The summed E-state index contributed by atoms with van der Waals surface area (Å²) >= 11 is 0. The van der Waals surface area contributed by atoms with Gasteiger partial charge in [0.25, 0.3) is 5.91 Å². The van der Waals surface area contributed by atoms with Gasteiger partial charge in [-0.3, -0.25) is 14.4 Å². The minimum Gasteiger partial charge on any atom is -0.361 e. The van der Waals surface area contributed by atoms with E-state index in [2.05, 4.69) is 15.6 Å². The minimum atomic E-state index is -0.946. The van der Waals surface area contributed by atoms with Crippen molar-refractivity contribution in [2.75, 3.05) is 26.2 Å². The van der Waals surface area contributed by atoms with Crippen LogP contribution in [0.1, 0.15) is 52.9 Å². The number of nitrogens with zero attached hydrogens (tertiary/aromatic N) is 1. The maximum Gasteiger partial charge on any atom is 0.251 e. The standard InChI is InChI=1S/C29H35N5O3/c1-2-32-28(36)20-7-8-21-17-34(14-11-19(21)15-20)29(37)25(27(35)18-9-12-31-13-10-18)26(30)23-16-33-24-6-4-3-5-22(23)24/h3-8,15-16,18,25-26,31,33H,2,9-14,17,30H2,1H3,(H,32,36). The number of piperidine rings is 1. The number of rotatable bonds is 7. The number of H-pyrrole nitrogens is 1. The summed E-state index contributed by atoms with van der Waals surface area (Å²) in [6.45, 7) is 4.89. The van der Waals surface area contributed by atoms with Gasteiger partial charge in [0.15, 0.2) is 0 Å². The van der Waals surface area contributed by atoms with Crippen molar-refractivity contribution in [1.82, 2.24) is 20.5 Å². The van der Waals surface area contributed by atoms with Crippen LogP contribution in [0.5, 0.6) is 0 Å². The molecule has 3 aromatic rings. The first-order valence-electron chi connectivity index (χ1n) is 13.2. The highest BCUT2D eigenvalue weighted by Crippen LogP contribution is 2.33. The SMILES string of the molecule is CCNC(=O)c1ccc2c(c1)CCN(C(=O)C(C(=O)C1CCNCC1)C(N)c1c[nH]c3ccccc13)C2. The van der Waals surface area contributed by atoms with E-state index in [0.717, 1.165) is 40.7 Å². The van der Waals surface area contributed by atoms with Crippen LogP contribution in [0.2, 0.25) is 0 Å². The molecule has 0 aliphatic carbocycles. The average molecular weight is 502 g/mol. The number of benzene rings is 2. The molecule has 2 aliphatic rings. The Morgan fingerprint density at radius 1 is 1.11 bits per heavy atom. The molecule has 0 spiro atoms. The number of para-hydroxylation sites is 1. The van der Waals surface area contributed by atoms with Crippen LogP contribution in [0.25, 0.3) is 10.9 Å². The number of fused-ring (bicyclic) bond motifs is 2. The number of carbonyl (C=O) groups is 3. The van der Waals surface area contributed by atoms with E-state index in [1.165, 1.54) is 0 Å². The maximum atomic E-state index is 14.1. The Hall–Kier alpha value is -3.49. The molecule has 1 saturated heterocycles. The normalized spacial score (nSPS) is 17.7. The van der Waals surface area contributed by atoms with Gasteiger partial charge in [-0.25, -0.2) is 0 Å². The molecule has 3 heterocycles. The summed E-state index contributed by atoms with van der Waals surface area (Å²) in [7, 11) is 0. The van der Waals surface area contributed by atoms with Gasteiger partial charge in [-0.15, -0.1) is 0 Å². The first-order valence-corrected chi connectivity index (χ1v) is 13.2. The van der Waals surface area contributed by atoms with E-state index in [9.17, 15) is 14.4 Å². The van der Waals surface area contributed by atoms with Gasteiger partial charge in [0, 0.05) is 48.2 Å². The Morgan fingerprint density at radius 3 is 2.68 bits per heavy atom. The van der Waals surface area contributed by atoms with Gasteiger partial charge < -0.3 is 26.3 Å². The lowest BCUT2D eigenvalue weighted by atomic mass is 9.79. The molecule has 5 rings (SSSR count). The quantitative estimate of drug-likeness (QED) is 0.371. The zero-order valence-electron chi connectivity index (χ0n) is 21.3. The summed E-state index contributed by atoms with van der Waals surface area (Å²) < 4.78 is 0. The molecule has 2 aliphatic heterocycles. The second kappa shape index (κ2) is 10.9. The predicted molar refractivity (Wildman–Crippen MR) is 143 cm³/mol. The van der Waals surface area contributed by atoms with Gasteiger partial charge >= 0.3 is 0 Å². The Balaban J connectivity index is 1.42. The van der Waals surface area contributed by atoms with Crippen molar-refractivity contribution >= 4 is 28.5 Å². The fourth-order valence-corrected chi connectivity index (χ4v) is 5.70. The summed E-state index contributed by atoms with van der Waals surface area (Å²) in [6.07, 6.45) is 3.90. The third kappa shape index (κ3) is 5.04. The summed E-state index contributed by atoms with van der Waals surface area (Å²) in [5.41, 5.74) is 11.2. The summed E-state index contributed by atoms with van der Waals surface area (Å²) in [6, 6.07) is 12.7. The molecular formula is C29H35N5O3. The third-order valence-electron chi connectivity index (χ3n) is 7.78. The Labute approximate surface area is 217 Å². The van der Waals surface area contributed by atoms with Crippen LogP contribution in [0.4, 0.5) is 0 Å². The molecule has 0 saturated carbocycles. The number of aromatic amines is 1. The monoisotopic (exact) mass is 501 g/mol. The summed E-state index contributed by atoms with van der Waals surface area (Å²) in [5, 5.41) is 7.07. The minimum absolute atomic E-state index is 0.0540. The molecule has 2 amide bonds. The Morgan fingerprint density at radius 2 is 1.89 bits per heavy atom. The topological polar surface area (TPSA) is 120 Å². The van der Waals surface area contributed by atoms with E-state index in [1.807, 2.05) is 49.5 Å². The van der Waals surface area contributed by atoms with Gasteiger partial charge in [-0.1, -0.05) is 24.3 Å². The van der Waals surface area contributed by atoms with Crippen molar-refractivity contribution in [3.63, 3.8) is 0 Å². The van der Waals surface area contributed by atoms with E-state index in [-0.39, 0.29) is 23.5 Å². The van der Waals surface area contributed by atoms with E-state index in [4.69, 9.17) is 5.73 Å². The molecule has 1 aromatic heterocycles. The second-order valence-electron chi connectivity index (χ2n) is 10.1. The van der Waals surface area contributed by atoms with Gasteiger partial charge in [0.2, 0.25) is 5.91 Å². The number of hydrogen-bond donors (Lipinski definition) is 4. The molecule has 5 N–H and O–H groups in total. The number of carbonyl (C=O) groups excluding carboxylic acids is 3. The lowest BCUT2D eigenvalue weighted by Crippen LogP contribution is -2.48. The van der Waals surface area contributed by atoms with Gasteiger partial charge in [0.1, 0.15) is 11.7 Å². The van der Waals surface area contributed by atoms with Gasteiger partial charge in [-0.05, 0) is 74.2 Å². The van der Waals surface area contributed by atoms with E-state index >= 15 is 0 Å². The number of Topliss-reactive ketones (excluding diaryl/α,β-unsaturated/α-hetero) is 1. The predicted octanol–water partition coefficient (Wildman–Crippen LogP) is 2.69. The molecule has 37 heavy (non-hydrogen) atoms. The van der Waals surface area contributed by atoms with Crippen molar-refractivity contribution in [3.8, 4) is 0 Å². The largest absolute Gasteiger partial charge is 0.361 e. The van der Waals surface area contributed by atoms with Crippen molar-refractivity contribution < 1.29 is 14.4 Å². The van der Waals surface area contributed by atoms with Crippen LogP contribution < -0.4 is 16.4 Å². The van der Waals surface area contributed by atoms with Crippen LogP contribution in [-0.4, -0.2) is 53.7 Å². The molecule has 1 fully saturated rings. The molecule has 2 atom stereocenters. The van der Waals surface area contributed by atoms with E-state index < -0.39 is 12.0 Å². The molecule has 0 bridgehead atoms. The van der Waals surface area contributed by atoms with Crippen LogP contribution in [-0.2, 0) is 22.6 Å². The molecule has 0 radical (unpaired) electrons.